The molecule has 0 aromatic carbocycles. The Balaban J connectivity index is -0.00000433. The van der Waals surface area contributed by atoms with Crippen LogP contribution in [0.4, 0.5) is 0 Å². The molecular weight excluding hydrogens is 733 g/mol. The summed E-state index contributed by atoms with van der Waals surface area (Å²) in [4.78, 5) is 42.7. The number of carbonyl (C=O) groups excluding carboxylic acids is 1. The minimum absolute atomic E-state index is 0. The largest absolute Gasteiger partial charge is 1.00 e. The number of rotatable bonds is 39. The first-order chi connectivity index (χ1) is 25.1. The molecule has 0 aliphatic heterocycles. The molecule has 0 spiro atoms. The van der Waals surface area contributed by atoms with Crippen molar-refractivity contribution >= 4 is 29.7 Å². The first-order valence-electron chi connectivity index (χ1n) is 20.7. The second-order valence-corrected chi connectivity index (χ2v) is 14.3. The number of carbonyl (C=O) groups is 3. The van der Waals surface area contributed by atoms with Crippen molar-refractivity contribution in [3.8, 4) is 0 Å². The summed E-state index contributed by atoms with van der Waals surface area (Å²) in [5.41, 5.74) is 0. The third-order valence-corrected chi connectivity index (χ3v) is 9.42. The first-order valence-corrected chi connectivity index (χ1v) is 20.7. The molecule has 304 valence electrons. The summed E-state index contributed by atoms with van der Waals surface area (Å²) < 4.78 is 0. The zero-order valence-corrected chi connectivity index (χ0v) is 41.7. The number of nitrogens with zero attached hydrogens (tertiary/aromatic N) is 2. The van der Waals surface area contributed by atoms with E-state index in [1.165, 1.54) is 70.6 Å². The van der Waals surface area contributed by atoms with Crippen molar-refractivity contribution in [2.24, 2.45) is 9.98 Å². The first kappa shape index (κ1) is 61.9. The normalized spacial score (nSPS) is 13.2. The number of carboxylic acids is 3. The van der Waals surface area contributed by atoms with Crippen LogP contribution < -0.4 is 115 Å². The Hall–Kier alpha value is 0.270. The van der Waals surface area contributed by atoms with Crippen molar-refractivity contribution in [3.05, 3.63) is 0 Å². The van der Waals surface area contributed by atoms with Gasteiger partial charge in [0.25, 0.3) is 0 Å². The minimum atomic E-state index is -1.22. The molecule has 0 fully saturated rings. The van der Waals surface area contributed by atoms with Crippen LogP contribution in [0.5, 0.6) is 0 Å². The second kappa shape index (κ2) is 45.4. The second-order valence-electron chi connectivity index (χ2n) is 14.3. The quantitative estimate of drug-likeness (QED) is 0.0207. The smallest absolute Gasteiger partial charge is 0.862 e. The topological polar surface area (TPSA) is 210 Å². The Morgan fingerprint density at radius 2 is 0.855 bits per heavy atom. The van der Waals surface area contributed by atoms with Gasteiger partial charge in [0.05, 0.1) is 5.97 Å². The maximum absolute atomic E-state index is 12.2. The van der Waals surface area contributed by atoms with Crippen LogP contribution in [0.3, 0.4) is 0 Å². The van der Waals surface area contributed by atoms with Gasteiger partial charge in [0, 0.05) is 6.04 Å². The fourth-order valence-electron chi connectivity index (χ4n) is 6.16. The van der Waals surface area contributed by atoms with Gasteiger partial charge >= 0.3 is 101 Å². The SMILES string of the molecule is CCCCCCCCCCCC([O-])=NC(CCCNCCCCC(NCCCC(N=C([O-])CCCCCCCCCCC)C(=O)O)C(=O)[O-])C(=O)O.[Na+].[Na+].[Na+]. The summed E-state index contributed by atoms with van der Waals surface area (Å²) in [7, 11) is 0. The molecular formula is C40H73N4Na3O8. The summed E-state index contributed by atoms with van der Waals surface area (Å²) in [5.74, 6) is -4.21. The van der Waals surface area contributed by atoms with Crippen LogP contribution in [0.2, 0.25) is 0 Å². The molecule has 0 amide bonds. The summed E-state index contributed by atoms with van der Waals surface area (Å²) in [6.45, 7) is 5.85. The third-order valence-electron chi connectivity index (χ3n) is 9.42. The molecule has 0 radical (unpaired) electrons. The fraction of sp³-hybridized carbons (Fsp3) is 0.875. The zero-order chi connectivity index (χ0) is 38.7. The van der Waals surface area contributed by atoms with Gasteiger partial charge in [-0.3, -0.25) is 9.98 Å². The van der Waals surface area contributed by atoms with Crippen molar-refractivity contribution in [3.63, 3.8) is 0 Å². The minimum Gasteiger partial charge on any atom is -0.862 e. The molecule has 0 heterocycles. The molecule has 12 nitrogen and oxygen atoms in total. The van der Waals surface area contributed by atoms with Crippen molar-refractivity contribution < 1.29 is 129 Å². The van der Waals surface area contributed by atoms with E-state index in [2.05, 4.69) is 34.5 Å². The molecule has 0 aliphatic carbocycles. The van der Waals surface area contributed by atoms with Gasteiger partial charge in [-0.2, -0.15) is 0 Å². The van der Waals surface area contributed by atoms with Crippen LogP contribution in [0, 0.1) is 0 Å². The van der Waals surface area contributed by atoms with Crippen molar-refractivity contribution in [1.82, 2.24) is 10.6 Å². The molecule has 0 aliphatic rings. The molecule has 0 rings (SSSR count). The predicted octanol–water partition coefficient (Wildman–Crippen LogP) is -3.71. The van der Waals surface area contributed by atoms with Crippen molar-refractivity contribution in [1.29, 1.82) is 0 Å². The molecule has 0 saturated carbocycles. The average Bonchev–Trinajstić information content (AvgIpc) is 3.10. The van der Waals surface area contributed by atoms with Gasteiger partial charge in [0.15, 0.2) is 0 Å². The van der Waals surface area contributed by atoms with E-state index >= 15 is 0 Å². The van der Waals surface area contributed by atoms with Crippen molar-refractivity contribution in [2.75, 3.05) is 19.6 Å². The van der Waals surface area contributed by atoms with Crippen LogP contribution in [0.25, 0.3) is 0 Å². The molecule has 0 aromatic rings. The van der Waals surface area contributed by atoms with Gasteiger partial charge in [-0.1, -0.05) is 123 Å². The standard InChI is InChI=1S/C40H76N4O8.3Na/c1-3-5-7-9-11-13-15-17-19-28-36(45)43-34(39(49)50)26-23-31-41-30-22-21-25-33(38(47)48)42-32-24-27-35(40(51)52)44-37(46)29-20-18-16-14-12-10-8-6-4-2;;;/h33-35,41-42H,3-32H2,1-2H3,(H,43,45)(H,44,46)(H,47,48)(H,49,50)(H,51,52);;;/q;3*+1/p-3. The number of hydrogen-bond acceptors (Lipinski definition) is 10. The van der Waals surface area contributed by atoms with Gasteiger partial charge in [0.2, 0.25) is 0 Å². The summed E-state index contributed by atoms with van der Waals surface area (Å²) in [6, 6.07) is -3.04. The number of carboxylic acid groups (broad SMARTS) is 3. The average molecular weight is 807 g/mol. The van der Waals surface area contributed by atoms with E-state index < -0.39 is 41.9 Å². The number of hydrogen-bond donors (Lipinski definition) is 4. The summed E-state index contributed by atoms with van der Waals surface area (Å²) in [6.07, 6.45) is 23.9. The van der Waals surface area contributed by atoms with Gasteiger partial charge in [0.1, 0.15) is 12.1 Å². The Bertz CT molecular complexity index is 979. The van der Waals surface area contributed by atoms with E-state index in [0.717, 1.165) is 38.5 Å². The Morgan fingerprint density at radius 3 is 1.24 bits per heavy atom. The van der Waals surface area contributed by atoms with E-state index in [1.54, 1.807) is 0 Å². The predicted molar refractivity (Wildman–Crippen MR) is 203 cm³/mol. The monoisotopic (exact) mass is 807 g/mol. The van der Waals surface area contributed by atoms with E-state index in [0.29, 0.717) is 58.0 Å². The fourth-order valence-corrected chi connectivity index (χ4v) is 6.16. The molecule has 4 N–H and O–H groups in total. The van der Waals surface area contributed by atoms with E-state index in [1.807, 2.05) is 0 Å². The molecule has 0 aromatic heterocycles. The van der Waals surface area contributed by atoms with E-state index in [4.69, 9.17) is 0 Å². The Kier molecular flexibility index (Phi) is 51.1. The van der Waals surface area contributed by atoms with Crippen molar-refractivity contribution in [2.45, 2.75) is 205 Å². The van der Waals surface area contributed by atoms with E-state index in [9.17, 15) is 39.9 Å². The molecule has 0 bridgehead atoms. The number of aliphatic carboxylic acids is 3. The van der Waals surface area contributed by atoms with Crippen LogP contribution >= 0.6 is 0 Å². The molecule has 0 saturated heterocycles. The molecule has 3 unspecified atom stereocenters. The Morgan fingerprint density at radius 1 is 0.491 bits per heavy atom. The summed E-state index contributed by atoms with van der Waals surface area (Å²) in [5, 5.41) is 61.2. The van der Waals surface area contributed by atoms with Crippen LogP contribution in [-0.4, -0.2) is 77.7 Å². The molecule has 55 heavy (non-hydrogen) atoms. The van der Waals surface area contributed by atoms with E-state index in [-0.39, 0.29) is 120 Å². The van der Waals surface area contributed by atoms with Gasteiger partial charge < -0.3 is 41.0 Å². The van der Waals surface area contributed by atoms with Gasteiger partial charge in [-0.25, -0.2) is 9.59 Å². The number of nitrogens with one attached hydrogen (secondary N) is 2. The van der Waals surface area contributed by atoms with Crippen LogP contribution in [0.15, 0.2) is 9.98 Å². The van der Waals surface area contributed by atoms with Crippen LogP contribution in [-0.2, 0) is 14.4 Å². The maximum Gasteiger partial charge on any atom is 1.00 e. The summed E-state index contributed by atoms with van der Waals surface area (Å²) >= 11 is 0. The molecule has 3 atom stereocenters. The maximum atomic E-state index is 12.2. The number of unbranched alkanes of at least 4 members (excludes halogenated alkanes) is 17. The molecule has 15 heteroatoms. The van der Waals surface area contributed by atoms with Crippen LogP contribution in [0.1, 0.15) is 187 Å². The van der Waals surface area contributed by atoms with Gasteiger partial charge in [-0.15, -0.1) is 0 Å². The number of aliphatic imine (C=N–C) groups is 2. The zero-order valence-electron chi connectivity index (χ0n) is 35.7. The third kappa shape index (κ3) is 40.8. The van der Waals surface area contributed by atoms with Gasteiger partial charge in [-0.05, 0) is 95.6 Å². The Labute approximate surface area is 400 Å².